The van der Waals surface area contributed by atoms with E-state index in [0.717, 1.165) is 35.0 Å². The van der Waals surface area contributed by atoms with Crippen molar-refractivity contribution in [1.29, 1.82) is 0 Å². The minimum atomic E-state index is -2.74. The smallest absolute Gasteiger partial charge is 0.204 e. The first kappa shape index (κ1) is 37.6. The molecule has 53 heavy (non-hydrogen) atoms. The molecule has 0 spiro atoms. The summed E-state index contributed by atoms with van der Waals surface area (Å²) in [6.45, 7) is 0. The molecular weight excluding hydrogens is 788 g/mol. The Kier molecular flexibility index (Phi) is 12.8. The highest BCUT2D eigenvalue weighted by molar-refractivity contribution is 8.23. The zero-order valence-corrected chi connectivity index (χ0v) is 33.8. The SMILES string of the molecule is Clc1ccc(SC(Sc2ccc(Cl)cc2)=C(/N=C(\Sc2ccc(Cl)cc2)c2ccccc2)[P+](c2ccccc2)(c2ccccc2)c2ccccc2)cc1. The van der Waals surface area contributed by atoms with Crippen molar-refractivity contribution < 1.29 is 0 Å². The highest BCUT2D eigenvalue weighted by Crippen LogP contribution is 2.67. The van der Waals surface area contributed by atoms with Gasteiger partial charge in [0.1, 0.15) is 25.2 Å². The van der Waals surface area contributed by atoms with E-state index in [4.69, 9.17) is 39.8 Å². The van der Waals surface area contributed by atoms with Crippen LogP contribution < -0.4 is 15.9 Å². The molecule has 7 aromatic carbocycles. The number of nitrogens with zero attached hydrogens (tertiary/aromatic N) is 1. The van der Waals surface area contributed by atoms with Gasteiger partial charge in [0.2, 0.25) is 5.44 Å². The summed E-state index contributed by atoms with van der Waals surface area (Å²) >= 11 is 24.3. The molecule has 0 radical (unpaired) electrons. The van der Waals surface area contributed by atoms with Gasteiger partial charge in [0, 0.05) is 35.3 Å². The van der Waals surface area contributed by atoms with Crippen LogP contribution in [0, 0.1) is 0 Å². The summed E-state index contributed by atoms with van der Waals surface area (Å²) in [5, 5.41) is 6.54. The Morgan fingerprint density at radius 2 is 0.698 bits per heavy atom. The second-order valence-electron chi connectivity index (χ2n) is 11.7. The van der Waals surface area contributed by atoms with Crippen LogP contribution in [0.2, 0.25) is 15.1 Å². The van der Waals surface area contributed by atoms with E-state index in [1.807, 2.05) is 42.5 Å². The predicted molar refractivity (Wildman–Crippen MR) is 237 cm³/mol. The zero-order valence-electron chi connectivity index (χ0n) is 28.2. The molecule has 0 saturated heterocycles. The third kappa shape index (κ3) is 9.16. The molecule has 0 aliphatic carbocycles. The highest BCUT2D eigenvalue weighted by Gasteiger charge is 2.52. The van der Waals surface area contributed by atoms with Crippen molar-refractivity contribution in [2.45, 2.75) is 14.7 Å². The molecule has 8 heteroatoms. The molecule has 260 valence electrons. The summed E-state index contributed by atoms with van der Waals surface area (Å²) in [5.41, 5.74) is 2.01. The van der Waals surface area contributed by atoms with Gasteiger partial charge in [-0.15, -0.1) is 0 Å². The first-order valence-electron chi connectivity index (χ1n) is 16.7. The molecule has 0 aliphatic heterocycles. The van der Waals surface area contributed by atoms with Gasteiger partial charge >= 0.3 is 0 Å². The maximum absolute atomic E-state index is 6.43. The van der Waals surface area contributed by atoms with Gasteiger partial charge in [-0.3, -0.25) is 0 Å². The number of halogens is 3. The Morgan fingerprint density at radius 1 is 0.377 bits per heavy atom. The van der Waals surface area contributed by atoms with Gasteiger partial charge in [0.15, 0.2) is 7.26 Å². The summed E-state index contributed by atoms with van der Waals surface area (Å²) in [5.74, 6) is 0. The van der Waals surface area contributed by atoms with Crippen molar-refractivity contribution in [2.24, 2.45) is 4.99 Å². The van der Waals surface area contributed by atoms with E-state index in [1.54, 1.807) is 35.3 Å². The van der Waals surface area contributed by atoms with E-state index in [1.165, 1.54) is 15.9 Å². The molecule has 0 saturated carbocycles. The number of aliphatic imine (C=N–C) groups is 1. The fourth-order valence-corrected chi connectivity index (χ4v) is 14.2. The van der Waals surface area contributed by atoms with Gasteiger partial charge in [0.25, 0.3) is 0 Å². The average Bonchev–Trinajstić information content (AvgIpc) is 3.21. The number of thioether (sulfide) groups is 3. The summed E-state index contributed by atoms with van der Waals surface area (Å²) in [6.07, 6.45) is 0. The Hall–Kier alpha value is -3.70. The largest absolute Gasteiger partial charge is 0.220 e. The van der Waals surface area contributed by atoms with Gasteiger partial charge in [-0.2, -0.15) is 0 Å². The molecule has 7 rings (SSSR count). The quantitative estimate of drug-likeness (QED) is 0.0558. The second kappa shape index (κ2) is 18.1. The Bertz CT molecular complexity index is 2160. The molecule has 7 aromatic rings. The van der Waals surface area contributed by atoms with Gasteiger partial charge in [-0.05, 0) is 109 Å². The highest BCUT2D eigenvalue weighted by atomic mass is 35.5. The van der Waals surface area contributed by atoms with Crippen molar-refractivity contribution in [2.75, 3.05) is 0 Å². The first-order valence-corrected chi connectivity index (χ1v) is 22.1. The molecule has 1 nitrogen and oxygen atoms in total. The lowest BCUT2D eigenvalue weighted by molar-refractivity contribution is 1.44. The monoisotopic (exact) mass is 818 g/mol. The molecule has 0 unspecified atom stereocenters. The standard InChI is InChI=1S/C45H32Cl3NPS3/c46-34-21-27-40(28-22-34)51-44(33-13-5-1-6-14-33)49-43(45(52-41-29-23-35(47)24-30-41)53-42-31-25-36(48)26-32-42)50(37-15-7-2-8-16-37,38-17-9-3-10-18-38)39-19-11-4-12-20-39/h1-32H/q+1/b49-44-. The van der Waals surface area contributed by atoms with E-state index in [-0.39, 0.29) is 0 Å². The van der Waals surface area contributed by atoms with Gasteiger partial charge in [-0.1, -0.05) is 155 Å². The Labute approximate surface area is 339 Å². The molecule has 0 aromatic heterocycles. The van der Waals surface area contributed by atoms with Crippen LogP contribution in [-0.2, 0) is 0 Å². The fourth-order valence-electron chi connectivity index (χ4n) is 5.80. The van der Waals surface area contributed by atoms with Crippen LogP contribution in [-0.4, -0.2) is 5.04 Å². The third-order valence-corrected chi connectivity index (χ3v) is 16.8. The molecule has 0 atom stereocenters. The maximum Gasteiger partial charge on any atom is 0.220 e. The van der Waals surface area contributed by atoms with Crippen LogP contribution in [0.15, 0.2) is 223 Å². The minimum absolute atomic E-state index is 0.689. The second-order valence-corrected chi connectivity index (χ2v) is 19.9. The fraction of sp³-hybridized carbons (Fsp3) is 0. The zero-order chi connectivity index (χ0) is 36.5. The Balaban J connectivity index is 1.64. The number of hydrogen-bond acceptors (Lipinski definition) is 4. The van der Waals surface area contributed by atoms with Crippen molar-refractivity contribution in [1.82, 2.24) is 0 Å². The third-order valence-electron chi connectivity index (χ3n) is 8.24. The molecule has 0 bridgehead atoms. The van der Waals surface area contributed by atoms with E-state index >= 15 is 0 Å². The van der Waals surface area contributed by atoms with Gasteiger partial charge in [0.05, 0.1) is 0 Å². The molecule has 0 fully saturated rings. The number of benzene rings is 7. The van der Waals surface area contributed by atoms with Crippen LogP contribution in [0.3, 0.4) is 0 Å². The summed E-state index contributed by atoms with van der Waals surface area (Å²) in [4.78, 5) is 9.12. The molecular formula is C45H32Cl3NPS3+. The first-order chi connectivity index (χ1) is 26.0. The molecule has 0 heterocycles. The number of hydrogen-bond donors (Lipinski definition) is 0. The van der Waals surface area contributed by atoms with Crippen LogP contribution in [0.1, 0.15) is 5.56 Å². The number of rotatable bonds is 11. The van der Waals surface area contributed by atoms with Crippen molar-refractivity contribution >= 4 is 98.3 Å². The molecule has 0 amide bonds. The van der Waals surface area contributed by atoms with E-state index in [2.05, 4.69) is 152 Å². The van der Waals surface area contributed by atoms with Crippen molar-refractivity contribution in [3.8, 4) is 0 Å². The van der Waals surface area contributed by atoms with E-state index in [9.17, 15) is 0 Å². The van der Waals surface area contributed by atoms with Crippen molar-refractivity contribution in [3.63, 3.8) is 0 Å². The van der Waals surface area contributed by atoms with E-state index < -0.39 is 7.26 Å². The lowest BCUT2D eigenvalue weighted by atomic mass is 10.2. The normalized spacial score (nSPS) is 11.6. The predicted octanol–water partition coefficient (Wildman–Crippen LogP) is 13.9. The summed E-state index contributed by atoms with van der Waals surface area (Å²) in [6, 6.07) is 67.1. The average molecular weight is 820 g/mol. The van der Waals surface area contributed by atoms with Gasteiger partial charge in [-0.25, -0.2) is 4.99 Å². The lowest BCUT2D eigenvalue weighted by Gasteiger charge is -2.29. The Morgan fingerprint density at radius 3 is 1.06 bits per heavy atom. The topological polar surface area (TPSA) is 12.4 Å². The summed E-state index contributed by atoms with van der Waals surface area (Å²) < 4.78 is 1.05. The maximum atomic E-state index is 6.43. The summed E-state index contributed by atoms with van der Waals surface area (Å²) in [7, 11) is -2.74. The van der Waals surface area contributed by atoms with Crippen LogP contribution in [0.5, 0.6) is 0 Å². The van der Waals surface area contributed by atoms with E-state index in [0.29, 0.717) is 15.1 Å². The van der Waals surface area contributed by atoms with Gasteiger partial charge < -0.3 is 0 Å². The minimum Gasteiger partial charge on any atom is -0.204 e. The van der Waals surface area contributed by atoms with Crippen molar-refractivity contribution in [3.05, 3.63) is 224 Å². The lowest BCUT2D eigenvalue weighted by Crippen LogP contribution is -2.32. The molecule has 0 aliphatic rings. The van der Waals surface area contributed by atoms with Crippen LogP contribution in [0.4, 0.5) is 0 Å². The molecule has 0 N–H and O–H groups in total. The van der Waals surface area contributed by atoms with Crippen LogP contribution >= 0.6 is 77.4 Å². The van der Waals surface area contributed by atoms with Crippen LogP contribution in [0.25, 0.3) is 0 Å².